The van der Waals surface area contributed by atoms with E-state index in [1.165, 1.54) is 17.5 Å². The second kappa shape index (κ2) is 9.41. The fraction of sp³-hybridized carbons (Fsp3) is 0.793. The molecule has 4 atom stereocenters. The lowest BCUT2D eigenvalue weighted by molar-refractivity contribution is -0.127. The molecule has 4 unspecified atom stereocenters. The molecule has 0 N–H and O–H groups in total. The minimum Gasteiger partial charge on any atom is -0.544 e. The smallest absolute Gasteiger partial charge is 0.242 e. The molecule has 0 heterocycles. The number of fused-ring (bicyclic) bond motifs is 3. The van der Waals surface area contributed by atoms with Crippen LogP contribution in [0.25, 0.3) is 0 Å². The third kappa shape index (κ3) is 6.36. The lowest BCUT2D eigenvalue weighted by atomic mass is 9.48. The molecule has 0 bridgehead atoms. The molecule has 0 amide bonds. The zero-order valence-electron chi connectivity index (χ0n) is 25.3. The summed E-state index contributed by atoms with van der Waals surface area (Å²) in [4.78, 5) is 0. The summed E-state index contributed by atoms with van der Waals surface area (Å²) in [6, 6.07) is 4.78. The first-order valence-electron chi connectivity index (χ1n) is 13.9. The van der Waals surface area contributed by atoms with E-state index >= 15 is 0 Å². The molecule has 3 rings (SSSR count). The van der Waals surface area contributed by atoms with E-state index in [2.05, 4.69) is 106 Å². The second-order valence-corrected chi connectivity index (χ2v) is 28.7. The van der Waals surface area contributed by atoms with Crippen LogP contribution in [0.1, 0.15) is 70.1 Å². The molecule has 1 fully saturated rings. The van der Waals surface area contributed by atoms with Gasteiger partial charge in [0, 0.05) is 0 Å². The van der Waals surface area contributed by atoms with Crippen molar-refractivity contribution in [1.29, 1.82) is 0 Å². The van der Waals surface area contributed by atoms with Gasteiger partial charge in [-0.1, -0.05) is 34.6 Å². The topological polar surface area (TPSA) is 27.7 Å². The van der Waals surface area contributed by atoms with Crippen LogP contribution in [0.3, 0.4) is 0 Å². The first-order valence-corrected chi connectivity index (χ1v) is 24.1. The van der Waals surface area contributed by atoms with Crippen LogP contribution in [0.4, 0.5) is 0 Å². The Morgan fingerprint density at radius 1 is 0.829 bits per heavy atom. The van der Waals surface area contributed by atoms with Crippen molar-refractivity contribution in [3.05, 3.63) is 28.8 Å². The summed E-state index contributed by atoms with van der Waals surface area (Å²) in [5.41, 5.74) is 4.66. The van der Waals surface area contributed by atoms with Gasteiger partial charge in [0.05, 0.1) is 12.2 Å². The molecule has 0 aliphatic heterocycles. The second-order valence-electron chi connectivity index (χ2n) is 15.4. The predicted octanol–water partition coefficient (Wildman–Crippen LogP) is 8.71. The molecule has 1 aromatic rings. The van der Waals surface area contributed by atoms with Crippen LogP contribution in [0.15, 0.2) is 12.1 Å². The van der Waals surface area contributed by atoms with Crippen molar-refractivity contribution >= 4 is 25.0 Å². The van der Waals surface area contributed by atoms with Crippen molar-refractivity contribution in [3.63, 3.8) is 0 Å². The molecule has 0 spiro atoms. The molecule has 0 saturated heterocycles. The van der Waals surface area contributed by atoms with E-state index in [-0.39, 0.29) is 23.0 Å². The highest BCUT2D eigenvalue weighted by molar-refractivity contribution is 6.70. The zero-order chi connectivity index (χ0) is 26.8. The summed E-state index contributed by atoms with van der Waals surface area (Å²) < 4.78 is 20.6. The van der Waals surface area contributed by atoms with Crippen LogP contribution in [-0.2, 0) is 20.7 Å². The number of hydrogen-bond donors (Lipinski definition) is 0. The van der Waals surface area contributed by atoms with Crippen molar-refractivity contribution in [3.8, 4) is 5.75 Å². The number of rotatable bonds is 7. The first-order chi connectivity index (χ1) is 15.6. The van der Waals surface area contributed by atoms with Gasteiger partial charge in [0.15, 0.2) is 16.6 Å². The quantitative estimate of drug-likeness (QED) is 0.327. The summed E-state index contributed by atoms with van der Waals surface area (Å²) in [5.74, 6) is 2.12. The van der Waals surface area contributed by atoms with Gasteiger partial charge >= 0.3 is 0 Å². The van der Waals surface area contributed by atoms with E-state index < -0.39 is 25.0 Å². The summed E-state index contributed by atoms with van der Waals surface area (Å²) in [5, 5.41) is 0. The fourth-order valence-electron chi connectivity index (χ4n) is 6.99. The van der Waals surface area contributed by atoms with E-state index in [1.54, 1.807) is 5.56 Å². The molecule has 3 nitrogen and oxygen atoms in total. The molecule has 0 radical (unpaired) electrons. The minimum atomic E-state index is -1.76. The molecular weight excluding hydrogens is 481 g/mol. The predicted molar refractivity (Wildman–Crippen MR) is 159 cm³/mol. The Bertz CT molecular complexity index is 921. The van der Waals surface area contributed by atoms with Gasteiger partial charge in [0.1, 0.15) is 5.75 Å². The minimum absolute atomic E-state index is 0.0307. The molecule has 0 aromatic heterocycles. The summed E-state index contributed by atoms with van der Waals surface area (Å²) in [6.45, 7) is 32.9. The van der Waals surface area contributed by atoms with E-state index in [0.717, 1.165) is 18.6 Å². The Kier molecular flexibility index (Phi) is 7.83. The lowest BCUT2D eigenvalue weighted by Crippen LogP contribution is -2.63. The van der Waals surface area contributed by atoms with E-state index in [0.29, 0.717) is 11.8 Å². The Hall–Kier alpha value is -0.409. The van der Waals surface area contributed by atoms with Gasteiger partial charge in [-0.3, -0.25) is 0 Å². The van der Waals surface area contributed by atoms with Crippen molar-refractivity contribution in [2.45, 2.75) is 136 Å². The van der Waals surface area contributed by atoms with Gasteiger partial charge in [0.2, 0.25) is 8.32 Å². The molecule has 2 aliphatic carbocycles. The average Bonchev–Trinajstić information content (AvgIpc) is 2.61. The SMILES string of the molecule is CC(C)c1cc(O[Si](C)(C)C)cc2c1CCC1C2(C)CC(O[Si](C)(C)C)C(O[Si](C)(C)C)C1(C)C. The third-order valence-electron chi connectivity index (χ3n) is 7.95. The van der Waals surface area contributed by atoms with Gasteiger partial charge in [-0.05, 0) is 130 Å². The van der Waals surface area contributed by atoms with Crippen molar-refractivity contribution < 1.29 is 13.3 Å². The highest BCUT2D eigenvalue weighted by Crippen LogP contribution is 2.60. The largest absolute Gasteiger partial charge is 0.544 e. The van der Waals surface area contributed by atoms with Crippen LogP contribution in [0, 0.1) is 11.3 Å². The van der Waals surface area contributed by atoms with Crippen molar-refractivity contribution in [2.24, 2.45) is 11.3 Å². The van der Waals surface area contributed by atoms with Crippen LogP contribution >= 0.6 is 0 Å². The highest BCUT2D eigenvalue weighted by atomic mass is 28.4. The number of hydrogen-bond acceptors (Lipinski definition) is 3. The Morgan fingerprint density at radius 2 is 1.40 bits per heavy atom. The van der Waals surface area contributed by atoms with Gasteiger partial charge in [-0.2, -0.15) is 0 Å². The molecule has 1 saturated carbocycles. The van der Waals surface area contributed by atoms with Crippen molar-refractivity contribution in [1.82, 2.24) is 0 Å². The van der Waals surface area contributed by atoms with Gasteiger partial charge in [0.25, 0.3) is 0 Å². The van der Waals surface area contributed by atoms with Gasteiger partial charge < -0.3 is 13.3 Å². The maximum atomic E-state index is 7.00. The van der Waals surface area contributed by atoms with Crippen LogP contribution in [0.2, 0.25) is 58.9 Å². The summed E-state index contributed by atoms with van der Waals surface area (Å²) in [6.07, 6.45) is 3.67. The van der Waals surface area contributed by atoms with Gasteiger partial charge in [-0.15, -0.1) is 0 Å². The van der Waals surface area contributed by atoms with E-state index in [9.17, 15) is 0 Å². The highest BCUT2D eigenvalue weighted by Gasteiger charge is 2.59. The molecule has 2 aliphatic rings. The van der Waals surface area contributed by atoms with E-state index in [4.69, 9.17) is 13.3 Å². The van der Waals surface area contributed by atoms with Crippen LogP contribution in [-0.4, -0.2) is 37.2 Å². The fourth-order valence-corrected chi connectivity index (χ4v) is 10.1. The Labute approximate surface area is 220 Å². The molecule has 6 heteroatoms. The summed E-state index contributed by atoms with van der Waals surface area (Å²) >= 11 is 0. The van der Waals surface area contributed by atoms with E-state index in [1.807, 2.05) is 0 Å². The molecular formula is C29H54O3Si3. The average molecular weight is 535 g/mol. The standard InChI is InChI=1S/C29H54O3Si3/c1-20(2)23-17-21(30-33(6,7)8)18-24-22(23)15-16-26-28(3,4)27(32-35(12,13)14)25(19-29(24,26)5)31-34(9,10)11/h17-18,20,25-27H,15-16,19H2,1-14H3. The normalized spacial score (nSPS) is 29.1. The Balaban J connectivity index is 2.20. The summed E-state index contributed by atoms with van der Waals surface area (Å²) in [7, 11) is -5.22. The zero-order valence-corrected chi connectivity index (χ0v) is 28.3. The monoisotopic (exact) mass is 534 g/mol. The van der Waals surface area contributed by atoms with Gasteiger partial charge in [-0.25, -0.2) is 0 Å². The first kappa shape index (κ1) is 29.2. The van der Waals surface area contributed by atoms with Crippen molar-refractivity contribution in [2.75, 3.05) is 0 Å². The van der Waals surface area contributed by atoms with Crippen LogP contribution in [0.5, 0.6) is 5.75 Å². The molecule has 1 aromatic carbocycles. The third-order valence-corrected chi connectivity index (χ3v) is 10.8. The molecule has 35 heavy (non-hydrogen) atoms. The van der Waals surface area contributed by atoms with Crippen LogP contribution < -0.4 is 4.43 Å². The lowest BCUT2D eigenvalue weighted by Gasteiger charge is -2.61. The molecule has 200 valence electrons. The Morgan fingerprint density at radius 3 is 1.89 bits per heavy atom. The maximum Gasteiger partial charge on any atom is 0.242 e. The maximum absolute atomic E-state index is 7.00. The number of benzene rings is 1.